The standard InChI is InChI=1S/C15H18ClF2NO/c16-10-15(7-2-1-3-8-15)19-13(20)9-11-5-4-6-12(17)14(11)18/h4-6H,1-3,7-10H2,(H,19,20). The lowest BCUT2D eigenvalue weighted by Gasteiger charge is -2.36. The van der Waals surface area contributed by atoms with Crippen LogP contribution >= 0.6 is 11.6 Å². The Kier molecular flexibility index (Phi) is 4.97. The second kappa shape index (κ2) is 6.53. The minimum atomic E-state index is -0.953. The molecule has 0 spiro atoms. The molecule has 0 aromatic heterocycles. The van der Waals surface area contributed by atoms with Crippen molar-refractivity contribution in [1.29, 1.82) is 0 Å². The summed E-state index contributed by atoms with van der Waals surface area (Å²) in [4.78, 5) is 12.0. The highest BCUT2D eigenvalue weighted by atomic mass is 35.5. The van der Waals surface area contributed by atoms with E-state index in [-0.39, 0.29) is 23.4 Å². The van der Waals surface area contributed by atoms with Gasteiger partial charge in [-0.1, -0.05) is 31.4 Å². The second-order valence-electron chi connectivity index (χ2n) is 5.41. The molecule has 0 bridgehead atoms. The highest BCUT2D eigenvalue weighted by molar-refractivity contribution is 6.18. The number of carbonyl (C=O) groups excluding carboxylic acids is 1. The first kappa shape index (κ1) is 15.2. The third-order valence-electron chi connectivity index (χ3n) is 3.85. The van der Waals surface area contributed by atoms with Crippen molar-refractivity contribution in [3.05, 3.63) is 35.4 Å². The topological polar surface area (TPSA) is 29.1 Å². The van der Waals surface area contributed by atoms with Gasteiger partial charge < -0.3 is 5.32 Å². The van der Waals surface area contributed by atoms with Crippen molar-refractivity contribution in [2.45, 2.75) is 44.1 Å². The summed E-state index contributed by atoms with van der Waals surface area (Å²) in [7, 11) is 0. The van der Waals surface area contributed by atoms with Gasteiger partial charge in [-0.2, -0.15) is 0 Å². The van der Waals surface area contributed by atoms with Crippen molar-refractivity contribution in [3.63, 3.8) is 0 Å². The quantitative estimate of drug-likeness (QED) is 0.847. The lowest BCUT2D eigenvalue weighted by molar-refractivity contribution is -0.122. The van der Waals surface area contributed by atoms with E-state index in [0.717, 1.165) is 38.2 Å². The SMILES string of the molecule is O=C(Cc1cccc(F)c1F)NC1(CCl)CCCCC1. The predicted molar refractivity (Wildman–Crippen MR) is 74.7 cm³/mol. The minimum absolute atomic E-state index is 0.0723. The number of nitrogens with one attached hydrogen (secondary N) is 1. The molecule has 1 aromatic carbocycles. The molecule has 1 aromatic rings. The van der Waals surface area contributed by atoms with E-state index in [4.69, 9.17) is 11.6 Å². The monoisotopic (exact) mass is 301 g/mol. The van der Waals surface area contributed by atoms with Gasteiger partial charge in [-0.3, -0.25) is 4.79 Å². The molecule has 0 atom stereocenters. The van der Waals surface area contributed by atoms with Gasteiger partial charge in [0.15, 0.2) is 11.6 Å². The van der Waals surface area contributed by atoms with Crippen LogP contribution in [0.1, 0.15) is 37.7 Å². The van der Waals surface area contributed by atoms with Crippen molar-refractivity contribution < 1.29 is 13.6 Å². The van der Waals surface area contributed by atoms with E-state index in [1.807, 2.05) is 0 Å². The number of hydrogen-bond acceptors (Lipinski definition) is 1. The van der Waals surface area contributed by atoms with Gasteiger partial charge in [-0.05, 0) is 18.9 Å². The molecule has 1 amide bonds. The van der Waals surface area contributed by atoms with E-state index >= 15 is 0 Å². The first-order valence-electron chi connectivity index (χ1n) is 6.86. The lowest BCUT2D eigenvalue weighted by atomic mass is 9.83. The molecule has 5 heteroatoms. The Bertz CT molecular complexity index is 487. The van der Waals surface area contributed by atoms with Gasteiger partial charge >= 0.3 is 0 Å². The van der Waals surface area contributed by atoms with Crippen molar-refractivity contribution in [3.8, 4) is 0 Å². The van der Waals surface area contributed by atoms with Gasteiger partial charge in [0.25, 0.3) is 0 Å². The highest BCUT2D eigenvalue weighted by Crippen LogP contribution is 2.29. The normalized spacial score (nSPS) is 17.8. The van der Waals surface area contributed by atoms with Crippen LogP contribution < -0.4 is 5.32 Å². The van der Waals surface area contributed by atoms with E-state index in [2.05, 4.69) is 5.32 Å². The van der Waals surface area contributed by atoms with Crippen LogP contribution in [0.3, 0.4) is 0 Å². The maximum absolute atomic E-state index is 13.5. The fraction of sp³-hybridized carbons (Fsp3) is 0.533. The molecule has 0 unspecified atom stereocenters. The zero-order chi connectivity index (χ0) is 14.6. The molecule has 2 rings (SSSR count). The summed E-state index contributed by atoms with van der Waals surface area (Å²) in [5.74, 6) is -1.84. The molecule has 110 valence electrons. The van der Waals surface area contributed by atoms with Crippen LogP contribution in [0.15, 0.2) is 18.2 Å². The van der Waals surface area contributed by atoms with E-state index < -0.39 is 11.6 Å². The molecule has 0 heterocycles. The number of carbonyl (C=O) groups is 1. The Morgan fingerprint density at radius 3 is 2.60 bits per heavy atom. The number of amides is 1. The summed E-state index contributed by atoms with van der Waals surface area (Å²) in [5, 5.41) is 2.92. The molecule has 2 nitrogen and oxygen atoms in total. The molecule has 1 aliphatic rings. The Hall–Kier alpha value is -1.16. The molecule has 1 saturated carbocycles. The van der Waals surface area contributed by atoms with E-state index in [0.29, 0.717) is 5.88 Å². The van der Waals surface area contributed by atoms with Crippen molar-refractivity contribution in [1.82, 2.24) is 5.32 Å². The number of benzene rings is 1. The third kappa shape index (κ3) is 3.48. The van der Waals surface area contributed by atoms with Crippen LogP contribution in [0.5, 0.6) is 0 Å². The second-order valence-corrected chi connectivity index (χ2v) is 5.68. The average Bonchev–Trinajstić information content (AvgIpc) is 2.45. The number of alkyl halides is 1. The summed E-state index contributed by atoms with van der Waals surface area (Å²) in [6.45, 7) is 0. The molecule has 0 saturated heterocycles. The summed E-state index contributed by atoms with van der Waals surface area (Å²) in [6.07, 6.45) is 4.72. The summed E-state index contributed by atoms with van der Waals surface area (Å²) in [5.41, 5.74) is -0.316. The summed E-state index contributed by atoms with van der Waals surface area (Å²) >= 11 is 5.99. The zero-order valence-electron chi connectivity index (χ0n) is 11.2. The highest BCUT2D eigenvalue weighted by Gasteiger charge is 2.32. The summed E-state index contributed by atoms with van der Waals surface area (Å²) < 4.78 is 26.6. The largest absolute Gasteiger partial charge is 0.349 e. The van der Waals surface area contributed by atoms with Gasteiger partial charge in [-0.15, -0.1) is 11.6 Å². The van der Waals surface area contributed by atoms with Gasteiger partial charge in [0.2, 0.25) is 5.91 Å². The number of hydrogen-bond donors (Lipinski definition) is 1. The Morgan fingerprint density at radius 2 is 1.95 bits per heavy atom. The Balaban J connectivity index is 2.03. The van der Waals surface area contributed by atoms with Crippen LogP contribution in [0, 0.1) is 11.6 Å². The van der Waals surface area contributed by atoms with E-state index in [1.54, 1.807) is 0 Å². The van der Waals surface area contributed by atoms with Crippen molar-refractivity contribution >= 4 is 17.5 Å². The fourth-order valence-electron chi connectivity index (χ4n) is 2.72. The minimum Gasteiger partial charge on any atom is -0.349 e. The lowest BCUT2D eigenvalue weighted by Crippen LogP contribution is -2.51. The first-order valence-corrected chi connectivity index (χ1v) is 7.40. The molecular formula is C15H18ClF2NO. The van der Waals surface area contributed by atoms with Crippen molar-refractivity contribution in [2.24, 2.45) is 0 Å². The number of rotatable bonds is 4. The van der Waals surface area contributed by atoms with Gasteiger partial charge in [0, 0.05) is 11.4 Å². The molecule has 1 fully saturated rings. The zero-order valence-corrected chi connectivity index (χ0v) is 12.0. The fourth-order valence-corrected chi connectivity index (χ4v) is 3.05. The molecule has 1 aliphatic carbocycles. The smallest absolute Gasteiger partial charge is 0.224 e. The Labute approximate surface area is 122 Å². The maximum Gasteiger partial charge on any atom is 0.224 e. The van der Waals surface area contributed by atoms with Crippen LogP contribution in [-0.4, -0.2) is 17.3 Å². The van der Waals surface area contributed by atoms with Crippen LogP contribution in [0.2, 0.25) is 0 Å². The average molecular weight is 302 g/mol. The van der Waals surface area contributed by atoms with Gasteiger partial charge in [0.1, 0.15) is 0 Å². The van der Waals surface area contributed by atoms with Crippen LogP contribution in [0.4, 0.5) is 8.78 Å². The van der Waals surface area contributed by atoms with Gasteiger partial charge in [-0.25, -0.2) is 8.78 Å². The number of halogens is 3. The van der Waals surface area contributed by atoms with Crippen LogP contribution in [0.25, 0.3) is 0 Å². The van der Waals surface area contributed by atoms with E-state index in [1.165, 1.54) is 12.1 Å². The molecule has 1 N–H and O–H groups in total. The molecule has 0 radical (unpaired) electrons. The maximum atomic E-state index is 13.5. The molecular weight excluding hydrogens is 284 g/mol. The summed E-state index contributed by atoms with van der Waals surface area (Å²) in [6, 6.07) is 3.86. The molecule has 20 heavy (non-hydrogen) atoms. The van der Waals surface area contributed by atoms with Gasteiger partial charge in [0.05, 0.1) is 12.0 Å². The predicted octanol–water partition coefficient (Wildman–Crippen LogP) is 3.57. The van der Waals surface area contributed by atoms with E-state index in [9.17, 15) is 13.6 Å². The van der Waals surface area contributed by atoms with Crippen LogP contribution in [-0.2, 0) is 11.2 Å². The van der Waals surface area contributed by atoms with Crippen molar-refractivity contribution in [2.75, 3.05) is 5.88 Å². The Morgan fingerprint density at radius 1 is 1.25 bits per heavy atom. The first-order chi connectivity index (χ1) is 9.56. The molecule has 0 aliphatic heterocycles. The third-order valence-corrected chi connectivity index (χ3v) is 4.37.